The number of thioether (sulfide) groups is 1. The maximum absolute atomic E-state index is 11.5. The molecule has 0 bridgehead atoms. The lowest BCUT2D eigenvalue weighted by atomic mass is 10.8. The molecule has 0 aromatic heterocycles. The van der Waals surface area contributed by atoms with Crippen molar-refractivity contribution in [3.05, 3.63) is 0 Å². The largest absolute Gasteiger partial charge is 0.760 e. The highest BCUT2D eigenvalue weighted by molar-refractivity contribution is 7.99. The van der Waals surface area contributed by atoms with Crippen molar-refractivity contribution in [3.63, 3.8) is 0 Å². The molecule has 0 heterocycles. The first kappa shape index (κ1) is 12.2. The van der Waals surface area contributed by atoms with Crippen LogP contribution in [0.3, 0.4) is 0 Å². The Hall–Kier alpha value is 0.210. The van der Waals surface area contributed by atoms with Crippen LogP contribution in [0.5, 0.6) is 0 Å². The van der Waals surface area contributed by atoms with E-state index < -0.39 is 23.2 Å². The molecule has 0 saturated heterocycles. The zero-order valence-corrected chi connectivity index (χ0v) is 7.52. The Labute approximate surface area is 74.5 Å². The van der Waals surface area contributed by atoms with Gasteiger partial charge in [0.2, 0.25) is 0 Å². The quantitative estimate of drug-likeness (QED) is 0.549. The minimum Gasteiger partial charge on any atom is -0.760 e. The van der Waals surface area contributed by atoms with E-state index >= 15 is 0 Å². The highest BCUT2D eigenvalue weighted by Crippen LogP contribution is 2.20. The standard InChI is InChI=1S/C4H8F3NO2S2/c5-4(6,7)3-11-2-1-8-12(9)10/h8H,1-3H2,(H,9,10)/p-1. The lowest BCUT2D eigenvalue weighted by molar-refractivity contribution is -0.105. The molecule has 0 fully saturated rings. The molecule has 1 atom stereocenters. The molecule has 0 rings (SSSR count). The van der Waals surface area contributed by atoms with Crippen LogP contribution in [-0.4, -0.2) is 33.0 Å². The third-order valence-corrected chi connectivity index (χ3v) is 2.20. The van der Waals surface area contributed by atoms with Gasteiger partial charge in [0.25, 0.3) is 0 Å². The third kappa shape index (κ3) is 10.2. The van der Waals surface area contributed by atoms with Gasteiger partial charge in [0, 0.05) is 23.6 Å². The van der Waals surface area contributed by atoms with Crippen LogP contribution >= 0.6 is 11.8 Å². The van der Waals surface area contributed by atoms with Gasteiger partial charge in [-0.2, -0.15) is 24.9 Å². The first-order valence-corrected chi connectivity index (χ1v) is 5.12. The summed E-state index contributed by atoms with van der Waals surface area (Å²) in [4.78, 5) is 0. The molecule has 0 aliphatic carbocycles. The molecule has 0 spiro atoms. The Bertz CT molecular complexity index is 152. The summed E-state index contributed by atoms with van der Waals surface area (Å²) in [6, 6.07) is 0. The minimum atomic E-state index is -4.18. The van der Waals surface area contributed by atoms with Gasteiger partial charge in [0.05, 0.1) is 5.75 Å². The molecule has 0 aromatic carbocycles. The summed E-state index contributed by atoms with van der Waals surface area (Å²) in [7, 11) is 0. The molecule has 1 N–H and O–H groups in total. The summed E-state index contributed by atoms with van der Waals surface area (Å²) in [6.07, 6.45) is -4.18. The fraction of sp³-hybridized carbons (Fsp3) is 1.00. The van der Waals surface area contributed by atoms with E-state index in [1.165, 1.54) is 0 Å². The molecule has 8 heteroatoms. The minimum absolute atomic E-state index is 0.0247. The first-order chi connectivity index (χ1) is 5.42. The number of hydrogen-bond donors (Lipinski definition) is 1. The maximum atomic E-state index is 11.5. The SMILES string of the molecule is O=S([O-])NCCSCC(F)(F)F. The van der Waals surface area contributed by atoms with E-state index in [0.717, 1.165) is 0 Å². The van der Waals surface area contributed by atoms with Crippen molar-refractivity contribution in [2.75, 3.05) is 18.1 Å². The zero-order valence-electron chi connectivity index (χ0n) is 5.89. The van der Waals surface area contributed by atoms with Crippen molar-refractivity contribution >= 4 is 23.0 Å². The molecule has 0 aliphatic heterocycles. The Morgan fingerprint density at radius 1 is 1.50 bits per heavy atom. The van der Waals surface area contributed by atoms with Crippen LogP contribution in [-0.2, 0) is 11.3 Å². The second-order valence-electron chi connectivity index (χ2n) is 1.80. The molecular weight excluding hydrogens is 215 g/mol. The Morgan fingerprint density at radius 2 is 2.08 bits per heavy atom. The maximum Gasteiger partial charge on any atom is 0.397 e. The Balaban J connectivity index is 3.17. The Morgan fingerprint density at radius 3 is 2.50 bits per heavy atom. The van der Waals surface area contributed by atoms with Crippen molar-refractivity contribution < 1.29 is 21.9 Å². The second-order valence-corrected chi connectivity index (χ2v) is 3.66. The summed E-state index contributed by atoms with van der Waals surface area (Å²) in [6.45, 7) is 0.0247. The molecule has 0 amide bonds. The van der Waals surface area contributed by atoms with Crippen LogP contribution in [0, 0.1) is 0 Å². The predicted octanol–water partition coefficient (Wildman–Crippen LogP) is 0.666. The van der Waals surface area contributed by atoms with Crippen LogP contribution in [0.2, 0.25) is 0 Å². The topological polar surface area (TPSA) is 52.2 Å². The number of alkyl halides is 3. The van der Waals surface area contributed by atoms with Crippen LogP contribution in [0.1, 0.15) is 0 Å². The molecule has 0 radical (unpaired) electrons. The van der Waals surface area contributed by atoms with Gasteiger partial charge in [-0.05, 0) is 0 Å². The first-order valence-electron chi connectivity index (χ1n) is 2.89. The second kappa shape index (κ2) is 5.79. The summed E-state index contributed by atoms with van der Waals surface area (Å²) in [5, 5.41) is 0. The molecule has 12 heavy (non-hydrogen) atoms. The average Bonchev–Trinajstić information content (AvgIpc) is 1.83. The monoisotopic (exact) mass is 222 g/mol. The number of hydrogen-bond acceptors (Lipinski definition) is 3. The van der Waals surface area contributed by atoms with Crippen LogP contribution in [0.25, 0.3) is 0 Å². The molecule has 0 aliphatic rings. The fourth-order valence-corrected chi connectivity index (χ4v) is 1.41. The lowest BCUT2D eigenvalue weighted by Crippen LogP contribution is -2.20. The van der Waals surface area contributed by atoms with Crippen molar-refractivity contribution in [3.8, 4) is 0 Å². The van der Waals surface area contributed by atoms with Gasteiger partial charge in [-0.25, -0.2) is 4.72 Å². The van der Waals surface area contributed by atoms with E-state index in [4.69, 9.17) is 0 Å². The Kier molecular flexibility index (Phi) is 5.89. The van der Waals surface area contributed by atoms with E-state index in [1.807, 2.05) is 4.72 Å². The summed E-state index contributed by atoms with van der Waals surface area (Å²) >= 11 is -1.74. The van der Waals surface area contributed by atoms with Crippen molar-refractivity contribution in [2.24, 2.45) is 0 Å². The van der Waals surface area contributed by atoms with Gasteiger partial charge in [0.1, 0.15) is 0 Å². The number of rotatable bonds is 5. The molecule has 0 saturated carbocycles. The van der Waals surface area contributed by atoms with Crippen LogP contribution in [0.4, 0.5) is 13.2 Å². The normalized spacial score (nSPS) is 14.7. The molecule has 0 aromatic rings. The summed E-state index contributed by atoms with van der Waals surface area (Å²) in [5.74, 6) is -0.826. The fourth-order valence-electron chi connectivity index (χ4n) is 0.385. The summed E-state index contributed by atoms with van der Waals surface area (Å²) in [5.41, 5.74) is 0. The molecular formula is C4H7F3NO2S2-. The van der Waals surface area contributed by atoms with Crippen LogP contribution < -0.4 is 4.72 Å². The third-order valence-electron chi connectivity index (χ3n) is 0.732. The van der Waals surface area contributed by atoms with Crippen molar-refractivity contribution in [1.29, 1.82) is 0 Å². The van der Waals surface area contributed by atoms with E-state index in [1.54, 1.807) is 0 Å². The average molecular weight is 222 g/mol. The van der Waals surface area contributed by atoms with E-state index in [2.05, 4.69) is 0 Å². The van der Waals surface area contributed by atoms with Gasteiger partial charge in [-0.1, -0.05) is 0 Å². The van der Waals surface area contributed by atoms with Crippen LogP contribution in [0.15, 0.2) is 0 Å². The van der Waals surface area contributed by atoms with Gasteiger partial charge < -0.3 is 4.55 Å². The van der Waals surface area contributed by atoms with E-state index in [9.17, 15) is 21.9 Å². The van der Waals surface area contributed by atoms with Gasteiger partial charge in [0.15, 0.2) is 0 Å². The lowest BCUT2D eigenvalue weighted by Gasteiger charge is -2.07. The zero-order chi connectivity index (χ0) is 9.61. The smallest absolute Gasteiger partial charge is 0.397 e. The summed E-state index contributed by atoms with van der Waals surface area (Å²) < 4.78 is 56.0. The highest BCUT2D eigenvalue weighted by atomic mass is 32.2. The number of halogens is 3. The van der Waals surface area contributed by atoms with Gasteiger partial charge in [-0.15, -0.1) is 0 Å². The van der Waals surface area contributed by atoms with E-state index in [0.29, 0.717) is 11.8 Å². The number of nitrogens with one attached hydrogen (secondary N) is 1. The van der Waals surface area contributed by atoms with Gasteiger partial charge in [-0.3, -0.25) is 4.21 Å². The molecule has 1 unspecified atom stereocenters. The molecule has 74 valence electrons. The predicted molar refractivity (Wildman–Crippen MR) is 40.3 cm³/mol. The van der Waals surface area contributed by atoms with Gasteiger partial charge >= 0.3 is 6.18 Å². The highest BCUT2D eigenvalue weighted by Gasteiger charge is 2.26. The molecule has 3 nitrogen and oxygen atoms in total. The van der Waals surface area contributed by atoms with Crippen molar-refractivity contribution in [2.45, 2.75) is 6.18 Å². The van der Waals surface area contributed by atoms with Crippen molar-refractivity contribution in [1.82, 2.24) is 4.72 Å². The van der Waals surface area contributed by atoms with E-state index in [-0.39, 0.29) is 12.3 Å².